The molecule has 5 nitrogen and oxygen atoms in total. The Kier molecular flexibility index (Phi) is 4.66. The highest BCUT2D eigenvalue weighted by Gasteiger charge is 2.20. The van der Waals surface area contributed by atoms with Gasteiger partial charge in [0.25, 0.3) is 0 Å². The molecule has 0 bridgehead atoms. The molecule has 100 valence electrons. The van der Waals surface area contributed by atoms with Crippen LogP contribution in [0.15, 0.2) is 11.2 Å². The molecule has 2 heterocycles. The maximum Gasteiger partial charge on any atom is 0.219 e. The number of thioether (sulfide) groups is 1. The Balaban J connectivity index is 2.13. The number of anilines is 1. The second-order valence-corrected chi connectivity index (χ2v) is 5.19. The van der Waals surface area contributed by atoms with Crippen LogP contribution in [-0.2, 0) is 0 Å². The van der Waals surface area contributed by atoms with Crippen molar-refractivity contribution >= 4 is 17.6 Å². The second kappa shape index (κ2) is 6.24. The first-order valence-electron chi connectivity index (χ1n) is 6.19. The van der Waals surface area contributed by atoms with Gasteiger partial charge in [0.2, 0.25) is 5.88 Å². The molecule has 2 N–H and O–H groups in total. The molecule has 0 aromatic carbocycles. The van der Waals surface area contributed by atoms with Gasteiger partial charge in [-0.3, -0.25) is 0 Å². The molecule has 0 aliphatic carbocycles. The number of nitrogens with two attached hydrogens (primary N) is 1. The molecule has 6 heteroatoms. The van der Waals surface area contributed by atoms with Crippen molar-refractivity contribution in [2.24, 2.45) is 11.7 Å². The number of ether oxygens (including phenoxy) is 1. The fourth-order valence-corrected chi connectivity index (χ4v) is 2.51. The van der Waals surface area contributed by atoms with Gasteiger partial charge in [0.15, 0.2) is 5.16 Å². The quantitative estimate of drug-likeness (QED) is 0.657. The summed E-state index contributed by atoms with van der Waals surface area (Å²) in [5.41, 5.74) is 5.71. The molecule has 1 saturated heterocycles. The first-order valence-corrected chi connectivity index (χ1v) is 7.41. The Hall–Kier alpha value is -1.01. The van der Waals surface area contributed by atoms with Crippen LogP contribution < -0.4 is 15.4 Å². The highest BCUT2D eigenvalue weighted by molar-refractivity contribution is 7.98. The fourth-order valence-electron chi connectivity index (χ4n) is 2.15. The standard InChI is InChI=1S/C12H20N4OS/c1-17-11-7-10(14-12(15-11)18-2)16-5-3-9(8-13)4-6-16/h7,9H,3-6,8,13H2,1-2H3. The van der Waals surface area contributed by atoms with Gasteiger partial charge in [-0.1, -0.05) is 11.8 Å². The molecule has 1 fully saturated rings. The summed E-state index contributed by atoms with van der Waals surface area (Å²) >= 11 is 1.53. The summed E-state index contributed by atoms with van der Waals surface area (Å²) in [6.45, 7) is 2.81. The average Bonchev–Trinajstić information content (AvgIpc) is 2.46. The minimum absolute atomic E-state index is 0.630. The van der Waals surface area contributed by atoms with Gasteiger partial charge in [-0.25, -0.2) is 4.98 Å². The van der Waals surface area contributed by atoms with Gasteiger partial charge in [-0.15, -0.1) is 0 Å². The molecule has 0 atom stereocenters. The van der Waals surface area contributed by atoms with Crippen LogP contribution in [0.4, 0.5) is 5.82 Å². The van der Waals surface area contributed by atoms with Gasteiger partial charge < -0.3 is 15.4 Å². The van der Waals surface area contributed by atoms with E-state index in [-0.39, 0.29) is 0 Å². The Morgan fingerprint density at radius 1 is 1.44 bits per heavy atom. The van der Waals surface area contributed by atoms with E-state index in [1.165, 1.54) is 11.8 Å². The minimum atomic E-state index is 0.630. The van der Waals surface area contributed by atoms with Crippen molar-refractivity contribution in [3.8, 4) is 5.88 Å². The van der Waals surface area contributed by atoms with Crippen molar-refractivity contribution in [1.82, 2.24) is 9.97 Å². The normalized spacial score (nSPS) is 16.9. The van der Waals surface area contributed by atoms with Gasteiger partial charge in [0.05, 0.1) is 7.11 Å². The monoisotopic (exact) mass is 268 g/mol. The van der Waals surface area contributed by atoms with Gasteiger partial charge in [-0.2, -0.15) is 4.98 Å². The van der Waals surface area contributed by atoms with E-state index in [1.54, 1.807) is 7.11 Å². The number of rotatable bonds is 4. The van der Waals surface area contributed by atoms with Crippen molar-refractivity contribution in [3.05, 3.63) is 6.07 Å². The third kappa shape index (κ3) is 3.05. The summed E-state index contributed by atoms with van der Waals surface area (Å²) in [4.78, 5) is 11.1. The number of hydrogen-bond donors (Lipinski definition) is 1. The number of piperidine rings is 1. The minimum Gasteiger partial charge on any atom is -0.481 e. The summed E-state index contributed by atoms with van der Waals surface area (Å²) in [6.07, 6.45) is 4.24. The highest BCUT2D eigenvalue weighted by atomic mass is 32.2. The maximum atomic E-state index is 5.71. The third-order valence-electron chi connectivity index (χ3n) is 3.33. The van der Waals surface area contributed by atoms with Crippen molar-refractivity contribution in [1.29, 1.82) is 0 Å². The van der Waals surface area contributed by atoms with Crippen LogP contribution in [0.5, 0.6) is 5.88 Å². The average molecular weight is 268 g/mol. The zero-order valence-electron chi connectivity index (χ0n) is 10.9. The van der Waals surface area contributed by atoms with Crippen LogP contribution in [0.2, 0.25) is 0 Å². The molecule has 0 radical (unpaired) electrons. The molecular weight excluding hydrogens is 248 g/mol. The predicted octanol–water partition coefficient (Wildman–Crippen LogP) is 1.38. The first kappa shape index (κ1) is 13.4. The summed E-state index contributed by atoms with van der Waals surface area (Å²) in [5, 5.41) is 0.755. The molecule has 18 heavy (non-hydrogen) atoms. The molecule has 1 aromatic heterocycles. The Morgan fingerprint density at radius 3 is 2.72 bits per heavy atom. The molecular formula is C12H20N4OS. The fraction of sp³-hybridized carbons (Fsp3) is 0.667. The zero-order chi connectivity index (χ0) is 13.0. The van der Waals surface area contributed by atoms with E-state index in [9.17, 15) is 0 Å². The van der Waals surface area contributed by atoms with Crippen LogP contribution in [0.1, 0.15) is 12.8 Å². The largest absolute Gasteiger partial charge is 0.481 e. The van der Waals surface area contributed by atoms with Crippen molar-refractivity contribution in [2.45, 2.75) is 18.0 Å². The molecule has 1 aliphatic heterocycles. The lowest BCUT2D eigenvalue weighted by atomic mass is 9.97. The van der Waals surface area contributed by atoms with E-state index in [0.29, 0.717) is 11.8 Å². The molecule has 1 aliphatic rings. The molecule has 2 rings (SSSR count). The van der Waals surface area contributed by atoms with E-state index < -0.39 is 0 Å². The van der Waals surface area contributed by atoms with Crippen molar-refractivity contribution in [2.75, 3.05) is 37.9 Å². The third-order valence-corrected chi connectivity index (χ3v) is 3.88. The van der Waals surface area contributed by atoms with Crippen LogP contribution in [0, 0.1) is 5.92 Å². The molecule has 0 spiro atoms. The lowest BCUT2D eigenvalue weighted by Crippen LogP contribution is -2.36. The Bertz CT molecular complexity index is 371. The summed E-state index contributed by atoms with van der Waals surface area (Å²) in [7, 11) is 1.64. The van der Waals surface area contributed by atoms with Gasteiger partial charge >= 0.3 is 0 Å². The zero-order valence-corrected chi connectivity index (χ0v) is 11.7. The SMILES string of the molecule is COc1cc(N2CCC(CN)CC2)nc(SC)n1. The van der Waals surface area contributed by atoms with Crippen LogP contribution in [-0.4, -0.2) is 43.0 Å². The smallest absolute Gasteiger partial charge is 0.219 e. The lowest BCUT2D eigenvalue weighted by Gasteiger charge is -2.32. The summed E-state index contributed by atoms with van der Waals surface area (Å²) in [6, 6.07) is 1.91. The molecule has 0 amide bonds. The van der Waals surface area contributed by atoms with Gasteiger partial charge in [0, 0.05) is 19.2 Å². The van der Waals surface area contributed by atoms with Crippen LogP contribution in [0.3, 0.4) is 0 Å². The van der Waals surface area contributed by atoms with E-state index >= 15 is 0 Å². The second-order valence-electron chi connectivity index (χ2n) is 4.42. The van der Waals surface area contributed by atoms with E-state index in [1.807, 2.05) is 12.3 Å². The van der Waals surface area contributed by atoms with Crippen molar-refractivity contribution in [3.63, 3.8) is 0 Å². The number of aromatic nitrogens is 2. The van der Waals surface area contributed by atoms with Gasteiger partial charge in [0.1, 0.15) is 5.82 Å². The number of methoxy groups -OCH3 is 1. The van der Waals surface area contributed by atoms with Crippen LogP contribution >= 0.6 is 11.8 Å². The van der Waals surface area contributed by atoms with E-state index in [2.05, 4.69) is 14.9 Å². The Labute approximate surface area is 112 Å². The van der Waals surface area contributed by atoms with E-state index in [4.69, 9.17) is 10.5 Å². The molecule has 1 aromatic rings. The maximum absolute atomic E-state index is 5.71. The topological polar surface area (TPSA) is 64.3 Å². The first-order chi connectivity index (χ1) is 8.76. The van der Waals surface area contributed by atoms with Gasteiger partial charge in [-0.05, 0) is 31.6 Å². The number of hydrogen-bond acceptors (Lipinski definition) is 6. The summed E-state index contributed by atoms with van der Waals surface area (Å²) in [5.74, 6) is 2.25. The van der Waals surface area contributed by atoms with Crippen LogP contribution in [0.25, 0.3) is 0 Å². The number of nitrogens with zero attached hydrogens (tertiary/aromatic N) is 3. The lowest BCUT2D eigenvalue weighted by molar-refractivity contribution is 0.389. The highest BCUT2D eigenvalue weighted by Crippen LogP contribution is 2.25. The summed E-state index contributed by atoms with van der Waals surface area (Å²) < 4.78 is 5.22. The molecule has 0 saturated carbocycles. The molecule has 0 unspecified atom stereocenters. The Morgan fingerprint density at radius 2 is 2.17 bits per heavy atom. The predicted molar refractivity (Wildman–Crippen MR) is 74.4 cm³/mol. The van der Waals surface area contributed by atoms with E-state index in [0.717, 1.165) is 43.5 Å². The van der Waals surface area contributed by atoms with Crippen molar-refractivity contribution < 1.29 is 4.74 Å².